The van der Waals surface area contributed by atoms with Crippen molar-refractivity contribution in [3.8, 4) is 0 Å². The van der Waals surface area contributed by atoms with Gasteiger partial charge in [0.25, 0.3) is 0 Å². The van der Waals surface area contributed by atoms with Crippen molar-refractivity contribution in [1.29, 1.82) is 0 Å². The first-order chi connectivity index (χ1) is 6.20. The smallest absolute Gasteiger partial charge is 0.194 e. The molecule has 0 amide bonds. The van der Waals surface area contributed by atoms with Gasteiger partial charge in [-0.25, -0.2) is 0 Å². The highest BCUT2D eigenvalue weighted by Crippen LogP contribution is 2.17. The molecule has 0 saturated heterocycles. The summed E-state index contributed by atoms with van der Waals surface area (Å²) < 4.78 is 0. The normalized spacial score (nSPS) is 11.5. The maximum absolute atomic E-state index is 8.81. The zero-order chi connectivity index (χ0) is 9.68. The first-order valence-electron chi connectivity index (χ1n) is 4.02. The number of allylic oxidation sites excluding steroid dienone is 1. The van der Waals surface area contributed by atoms with Crippen LogP contribution in [-0.4, -0.2) is 12.0 Å². The summed E-state index contributed by atoms with van der Waals surface area (Å²) in [5.74, 6) is 0. The fraction of sp³-hybridized carbons (Fsp3) is 0.200. The molecule has 0 spiro atoms. The molecule has 0 fully saturated rings. The minimum atomic E-state index is -0.500. The van der Waals surface area contributed by atoms with Crippen LogP contribution in [0.2, 0.25) is 0 Å². The molecule has 13 heavy (non-hydrogen) atoms. The quantitative estimate of drug-likeness (QED) is 0.450. The van der Waals surface area contributed by atoms with Gasteiger partial charge in [-0.3, -0.25) is 10.1 Å². The number of rotatable bonds is 0. The van der Waals surface area contributed by atoms with Crippen molar-refractivity contribution < 1.29 is 4.92 Å². The monoisotopic (exact) mass is 177 g/mol. The van der Waals surface area contributed by atoms with Crippen LogP contribution in [0.1, 0.15) is 11.1 Å². The minimum absolute atomic E-state index is 0.500. The van der Waals surface area contributed by atoms with E-state index in [4.69, 9.17) is 10.1 Å². The zero-order valence-corrected chi connectivity index (χ0v) is 7.43. The van der Waals surface area contributed by atoms with Crippen molar-refractivity contribution in [3.05, 3.63) is 51.6 Å². The van der Waals surface area contributed by atoms with Gasteiger partial charge in [0.2, 0.25) is 0 Å². The van der Waals surface area contributed by atoms with Crippen molar-refractivity contribution in [1.82, 2.24) is 0 Å². The molecule has 0 atom stereocenters. The molecular formula is C10H11NO2. The number of hydrogen-bond donors (Lipinski definition) is 0. The molecule has 1 aromatic carbocycles. The van der Waals surface area contributed by atoms with Gasteiger partial charge in [0, 0.05) is 4.92 Å². The van der Waals surface area contributed by atoms with Gasteiger partial charge in [-0.2, -0.15) is 0 Å². The number of hydrogen-bond acceptors (Lipinski definition) is 2. The molecule has 3 heteroatoms. The molecule has 0 bridgehead atoms. The molecule has 68 valence electrons. The SMILES string of the molecule is C1=Cc2ccccc2C1.C[N+](=O)[O-]. The molecule has 0 radical (unpaired) electrons. The summed E-state index contributed by atoms with van der Waals surface area (Å²) in [6.07, 6.45) is 5.50. The molecule has 3 nitrogen and oxygen atoms in total. The van der Waals surface area contributed by atoms with Crippen molar-refractivity contribution in [2.45, 2.75) is 6.42 Å². The molecule has 2 rings (SSSR count). The average Bonchev–Trinajstić information content (AvgIpc) is 2.49. The molecule has 0 saturated carbocycles. The Morgan fingerprint density at radius 1 is 1.38 bits per heavy atom. The Labute approximate surface area is 76.9 Å². The molecular weight excluding hydrogens is 166 g/mol. The van der Waals surface area contributed by atoms with Crippen LogP contribution in [-0.2, 0) is 6.42 Å². The molecule has 1 aromatic rings. The van der Waals surface area contributed by atoms with E-state index in [2.05, 4.69) is 36.4 Å². The molecule has 1 aliphatic rings. The summed E-state index contributed by atoms with van der Waals surface area (Å²) in [5.41, 5.74) is 2.84. The average molecular weight is 177 g/mol. The van der Waals surface area contributed by atoms with Crippen LogP contribution in [0.3, 0.4) is 0 Å². The van der Waals surface area contributed by atoms with E-state index < -0.39 is 4.92 Å². The van der Waals surface area contributed by atoms with Crippen molar-refractivity contribution in [3.63, 3.8) is 0 Å². The number of benzene rings is 1. The maximum Gasteiger partial charge on any atom is 0.194 e. The fourth-order valence-corrected chi connectivity index (χ4v) is 1.20. The van der Waals surface area contributed by atoms with Crippen LogP contribution >= 0.6 is 0 Å². The first-order valence-corrected chi connectivity index (χ1v) is 4.02. The predicted octanol–water partition coefficient (Wildman–Crippen LogP) is 2.15. The number of nitrogens with zero attached hydrogens (tertiary/aromatic N) is 1. The fourth-order valence-electron chi connectivity index (χ4n) is 1.20. The van der Waals surface area contributed by atoms with E-state index in [0.29, 0.717) is 0 Å². The van der Waals surface area contributed by atoms with Gasteiger partial charge < -0.3 is 0 Å². The Morgan fingerprint density at radius 3 is 2.62 bits per heavy atom. The molecule has 0 N–H and O–H groups in total. The second kappa shape index (κ2) is 4.40. The van der Waals surface area contributed by atoms with Crippen LogP contribution in [0.15, 0.2) is 30.3 Å². The van der Waals surface area contributed by atoms with Crippen LogP contribution in [0.25, 0.3) is 6.08 Å². The lowest BCUT2D eigenvalue weighted by atomic mass is 10.1. The van der Waals surface area contributed by atoms with E-state index in [0.717, 1.165) is 13.5 Å². The lowest BCUT2D eigenvalue weighted by Crippen LogP contribution is -1.79. The molecule has 0 unspecified atom stereocenters. The third-order valence-electron chi connectivity index (χ3n) is 1.69. The van der Waals surface area contributed by atoms with Gasteiger partial charge >= 0.3 is 0 Å². The van der Waals surface area contributed by atoms with Gasteiger partial charge in [-0.15, -0.1) is 0 Å². The highest BCUT2D eigenvalue weighted by Gasteiger charge is 2.00. The number of fused-ring (bicyclic) bond motifs is 1. The van der Waals surface area contributed by atoms with Crippen molar-refractivity contribution in [2.75, 3.05) is 7.05 Å². The highest BCUT2D eigenvalue weighted by molar-refractivity contribution is 5.59. The summed E-state index contributed by atoms with van der Waals surface area (Å²) in [5, 5.41) is 8.81. The second-order valence-electron chi connectivity index (χ2n) is 2.74. The molecule has 1 aliphatic carbocycles. The second-order valence-corrected chi connectivity index (χ2v) is 2.74. The van der Waals surface area contributed by atoms with E-state index in [1.54, 1.807) is 0 Å². The van der Waals surface area contributed by atoms with Crippen LogP contribution in [0, 0.1) is 10.1 Å². The van der Waals surface area contributed by atoms with Gasteiger partial charge in [0.1, 0.15) is 0 Å². The summed E-state index contributed by atoms with van der Waals surface area (Å²) in [6.45, 7) is 0. The van der Waals surface area contributed by atoms with Gasteiger partial charge in [-0.1, -0.05) is 36.4 Å². The Hall–Kier alpha value is -1.64. The molecule has 0 heterocycles. The van der Waals surface area contributed by atoms with Crippen molar-refractivity contribution >= 4 is 6.08 Å². The highest BCUT2D eigenvalue weighted by atomic mass is 16.6. The topological polar surface area (TPSA) is 43.1 Å². The zero-order valence-electron chi connectivity index (χ0n) is 7.43. The summed E-state index contributed by atoms with van der Waals surface area (Å²) in [4.78, 5) is 8.31. The standard InChI is InChI=1S/C9H8.CH3NO2/c1-2-5-9-7-3-6-8(9)4-1;1-2(3)4/h1-6H,7H2;1H3. The van der Waals surface area contributed by atoms with Gasteiger partial charge in [0.05, 0.1) is 0 Å². The third kappa shape index (κ3) is 3.07. The largest absolute Gasteiger partial charge is 0.265 e. The molecule has 0 aliphatic heterocycles. The van der Waals surface area contributed by atoms with E-state index >= 15 is 0 Å². The Morgan fingerprint density at radius 2 is 2.00 bits per heavy atom. The minimum Gasteiger partial charge on any atom is -0.265 e. The summed E-state index contributed by atoms with van der Waals surface area (Å²) in [7, 11) is 0.889. The van der Waals surface area contributed by atoms with E-state index in [1.807, 2.05) is 0 Å². The van der Waals surface area contributed by atoms with Crippen LogP contribution in [0.4, 0.5) is 0 Å². The number of nitro groups is 1. The lowest BCUT2D eigenvalue weighted by Gasteiger charge is -1.93. The summed E-state index contributed by atoms with van der Waals surface area (Å²) in [6, 6.07) is 8.49. The Balaban J connectivity index is 0.000000184. The Bertz CT molecular complexity index is 327. The Kier molecular flexibility index (Phi) is 3.20. The van der Waals surface area contributed by atoms with E-state index in [9.17, 15) is 0 Å². The van der Waals surface area contributed by atoms with Crippen LogP contribution in [0.5, 0.6) is 0 Å². The first kappa shape index (κ1) is 9.45. The third-order valence-corrected chi connectivity index (χ3v) is 1.69. The summed E-state index contributed by atoms with van der Waals surface area (Å²) >= 11 is 0. The van der Waals surface area contributed by atoms with E-state index in [1.165, 1.54) is 11.1 Å². The van der Waals surface area contributed by atoms with Gasteiger partial charge in [-0.05, 0) is 17.5 Å². The predicted molar refractivity (Wildman–Crippen MR) is 52.1 cm³/mol. The molecule has 0 aromatic heterocycles. The van der Waals surface area contributed by atoms with Gasteiger partial charge in [0.15, 0.2) is 7.05 Å². The van der Waals surface area contributed by atoms with E-state index in [-0.39, 0.29) is 0 Å². The lowest BCUT2D eigenvalue weighted by molar-refractivity contribution is -0.445. The van der Waals surface area contributed by atoms with Crippen LogP contribution < -0.4 is 0 Å². The van der Waals surface area contributed by atoms with Crippen molar-refractivity contribution in [2.24, 2.45) is 0 Å². The maximum atomic E-state index is 8.81.